The van der Waals surface area contributed by atoms with Gasteiger partial charge in [-0.05, 0) is 60.0 Å². The van der Waals surface area contributed by atoms with Crippen molar-refractivity contribution in [3.63, 3.8) is 0 Å². The predicted octanol–water partition coefficient (Wildman–Crippen LogP) is 5.34. The number of imide groups is 3. The zero-order valence-electron chi connectivity index (χ0n) is 21.3. The van der Waals surface area contributed by atoms with Gasteiger partial charge in [0.1, 0.15) is 0 Å². The van der Waals surface area contributed by atoms with E-state index in [4.69, 9.17) is 11.8 Å². The Labute approximate surface area is 241 Å². The van der Waals surface area contributed by atoms with Crippen LogP contribution < -0.4 is 9.80 Å². The van der Waals surface area contributed by atoms with E-state index in [-0.39, 0.29) is 44.4 Å². The molecule has 42 heavy (non-hydrogen) atoms. The number of anilines is 2. The first-order valence-electron chi connectivity index (χ1n) is 12.8. The molecule has 0 N–H and O–H groups in total. The number of hydrogen-bond donors (Lipinski definition) is 0. The van der Waals surface area contributed by atoms with Gasteiger partial charge in [0.05, 0.1) is 11.4 Å². The second-order valence-corrected chi connectivity index (χ2v) is 10.4. The predicted molar refractivity (Wildman–Crippen MR) is 153 cm³/mol. The fraction of sp³-hybridized carbons (Fsp3) is 0. The highest BCUT2D eigenvalue weighted by Gasteiger charge is 2.40. The van der Waals surface area contributed by atoms with Crippen molar-refractivity contribution in [2.75, 3.05) is 9.80 Å². The molecule has 0 aliphatic carbocycles. The van der Waals surface area contributed by atoms with Crippen LogP contribution in [0.2, 0.25) is 0 Å². The second-order valence-electron chi connectivity index (χ2n) is 10.1. The summed E-state index contributed by atoms with van der Waals surface area (Å²) in [5, 5.41) is 1.74. The standard InChI is InChI=1S/C32H14ClN3O6/c33-36-31(41)22-12-10-20-25-21(11-13-23(26(22)25)32(36)42)30(40)35(29(20)39)17-7-3-6-16(14-17)34-27(37)18-8-1-4-15-5-2-9-19(24(15)18)28(34)38/h1-14H. The molecule has 9 nitrogen and oxygen atoms in total. The third-order valence-corrected chi connectivity index (χ3v) is 8.27. The van der Waals surface area contributed by atoms with Gasteiger partial charge in [0.15, 0.2) is 0 Å². The lowest BCUT2D eigenvalue weighted by atomic mass is 9.86. The van der Waals surface area contributed by atoms with E-state index in [1.54, 1.807) is 36.4 Å². The lowest BCUT2D eigenvalue weighted by Crippen LogP contribution is -2.42. The van der Waals surface area contributed by atoms with Gasteiger partial charge in [-0.25, -0.2) is 9.80 Å². The van der Waals surface area contributed by atoms with Crippen molar-refractivity contribution in [1.82, 2.24) is 4.42 Å². The van der Waals surface area contributed by atoms with Crippen LogP contribution in [0.15, 0.2) is 84.9 Å². The summed E-state index contributed by atoms with van der Waals surface area (Å²) in [6.45, 7) is 0. The maximum atomic E-state index is 13.8. The van der Waals surface area contributed by atoms with E-state index in [9.17, 15) is 28.8 Å². The Bertz CT molecular complexity index is 2090. The summed E-state index contributed by atoms with van der Waals surface area (Å²) in [7, 11) is 0. The SMILES string of the molecule is O=C1c2ccc3c4c(ccc(c24)C(=O)N1Cl)C(=O)N(c1cccc(N2C(=O)c4cccc5cccc(c45)C2=O)c1)C3=O. The molecule has 0 unspecified atom stereocenters. The summed E-state index contributed by atoms with van der Waals surface area (Å²) < 4.78 is 0.478. The molecule has 0 fully saturated rings. The van der Waals surface area contributed by atoms with Crippen molar-refractivity contribution in [3.05, 3.63) is 118 Å². The maximum Gasteiger partial charge on any atom is 0.276 e. The van der Waals surface area contributed by atoms with Crippen LogP contribution in [-0.4, -0.2) is 39.9 Å². The van der Waals surface area contributed by atoms with Crippen LogP contribution in [0, 0.1) is 0 Å². The van der Waals surface area contributed by atoms with Crippen LogP contribution in [0.5, 0.6) is 0 Å². The number of carbonyl (C=O) groups is 6. The topological polar surface area (TPSA) is 112 Å². The zero-order valence-corrected chi connectivity index (χ0v) is 22.0. The average molecular weight is 572 g/mol. The molecule has 0 saturated carbocycles. The highest BCUT2D eigenvalue weighted by atomic mass is 35.5. The molecule has 10 heteroatoms. The van der Waals surface area contributed by atoms with Crippen molar-refractivity contribution >= 4 is 80.1 Å². The Morgan fingerprint density at radius 3 is 1.19 bits per heavy atom. The number of carbonyl (C=O) groups excluding carboxylic acids is 6. The molecule has 0 atom stereocenters. The monoisotopic (exact) mass is 571 g/mol. The Hall–Kier alpha value is -5.67. The van der Waals surface area contributed by atoms with Gasteiger partial charge in [0.2, 0.25) is 0 Å². The summed E-state index contributed by atoms with van der Waals surface area (Å²) in [6, 6.07) is 22.2. The fourth-order valence-corrected chi connectivity index (χ4v) is 6.30. The Balaban J connectivity index is 1.25. The first-order chi connectivity index (χ1) is 20.3. The third kappa shape index (κ3) is 2.92. The molecule has 3 aliphatic heterocycles. The minimum Gasteiger partial charge on any atom is -0.268 e. The number of benzene rings is 5. The van der Waals surface area contributed by atoms with E-state index in [1.807, 2.05) is 12.1 Å². The van der Waals surface area contributed by atoms with Crippen LogP contribution in [0.4, 0.5) is 11.4 Å². The Morgan fingerprint density at radius 1 is 0.405 bits per heavy atom. The van der Waals surface area contributed by atoms with Crippen LogP contribution in [-0.2, 0) is 0 Å². The Morgan fingerprint density at radius 2 is 0.762 bits per heavy atom. The molecular formula is C32H14ClN3O6. The van der Waals surface area contributed by atoms with Crippen LogP contribution in [0.1, 0.15) is 62.1 Å². The van der Waals surface area contributed by atoms with Gasteiger partial charge in [0.25, 0.3) is 35.4 Å². The molecule has 3 heterocycles. The molecule has 8 rings (SSSR count). The third-order valence-electron chi connectivity index (χ3n) is 7.96. The van der Waals surface area contributed by atoms with E-state index in [0.29, 0.717) is 20.9 Å². The minimum absolute atomic E-state index is 0.105. The van der Waals surface area contributed by atoms with E-state index < -0.39 is 35.4 Å². The summed E-state index contributed by atoms with van der Waals surface area (Å²) in [5.41, 5.74) is 1.50. The minimum atomic E-state index is -0.749. The second kappa shape index (κ2) is 8.18. The zero-order chi connectivity index (χ0) is 29.0. The lowest BCUT2D eigenvalue weighted by molar-refractivity contribution is 0.0724. The summed E-state index contributed by atoms with van der Waals surface area (Å²) in [6.07, 6.45) is 0. The molecular weight excluding hydrogens is 558 g/mol. The van der Waals surface area contributed by atoms with E-state index in [1.165, 1.54) is 36.4 Å². The van der Waals surface area contributed by atoms with Crippen LogP contribution in [0.25, 0.3) is 21.5 Å². The first kappa shape index (κ1) is 24.2. The number of hydrogen-bond acceptors (Lipinski definition) is 6. The molecule has 3 aliphatic rings. The van der Waals surface area contributed by atoms with Crippen molar-refractivity contribution in [1.29, 1.82) is 0 Å². The highest BCUT2D eigenvalue weighted by Crippen LogP contribution is 2.40. The summed E-state index contributed by atoms with van der Waals surface area (Å²) >= 11 is 5.91. The molecule has 0 bridgehead atoms. The number of halogens is 1. The molecule has 0 radical (unpaired) electrons. The largest absolute Gasteiger partial charge is 0.276 e. The van der Waals surface area contributed by atoms with Gasteiger partial charge in [0, 0.05) is 61.3 Å². The summed E-state index contributed by atoms with van der Waals surface area (Å²) in [5.74, 6) is -3.92. The highest BCUT2D eigenvalue weighted by molar-refractivity contribution is 6.44. The van der Waals surface area contributed by atoms with E-state index in [2.05, 4.69) is 0 Å². The smallest absolute Gasteiger partial charge is 0.268 e. The van der Waals surface area contributed by atoms with Gasteiger partial charge in [-0.3, -0.25) is 28.8 Å². The maximum absolute atomic E-state index is 13.8. The number of nitrogens with zero attached hydrogens (tertiary/aromatic N) is 3. The molecule has 0 aromatic heterocycles. The number of rotatable bonds is 2. The first-order valence-corrected chi connectivity index (χ1v) is 13.2. The van der Waals surface area contributed by atoms with Gasteiger partial charge < -0.3 is 0 Å². The Kier molecular flexibility index (Phi) is 4.71. The van der Waals surface area contributed by atoms with E-state index >= 15 is 0 Å². The van der Waals surface area contributed by atoms with Gasteiger partial charge >= 0.3 is 0 Å². The van der Waals surface area contributed by atoms with E-state index in [0.717, 1.165) is 15.2 Å². The molecule has 5 aromatic rings. The quantitative estimate of drug-likeness (QED) is 0.209. The van der Waals surface area contributed by atoms with Crippen molar-refractivity contribution in [2.24, 2.45) is 0 Å². The fourth-order valence-electron chi connectivity index (χ4n) is 6.12. The number of amides is 6. The van der Waals surface area contributed by atoms with Crippen molar-refractivity contribution in [2.45, 2.75) is 0 Å². The lowest BCUT2D eigenvalue weighted by Gasteiger charge is -2.31. The van der Waals surface area contributed by atoms with Gasteiger partial charge in [-0.1, -0.05) is 30.3 Å². The molecule has 5 aromatic carbocycles. The van der Waals surface area contributed by atoms with Crippen molar-refractivity contribution < 1.29 is 28.8 Å². The summed E-state index contributed by atoms with van der Waals surface area (Å²) in [4.78, 5) is 82.2. The average Bonchev–Trinajstić information content (AvgIpc) is 3.00. The normalized spacial score (nSPS) is 15.9. The molecule has 200 valence electrons. The van der Waals surface area contributed by atoms with Crippen LogP contribution >= 0.6 is 11.8 Å². The molecule has 0 saturated heterocycles. The molecule has 0 spiro atoms. The molecule has 6 amide bonds. The van der Waals surface area contributed by atoms with Crippen LogP contribution in [0.3, 0.4) is 0 Å². The van der Waals surface area contributed by atoms with Gasteiger partial charge in [-0.2, -0.15) is 4.42 Å². The van der Waals surface area contributed by atoms with Crippen molar-refractivity contribution in [3.8, 4) is 0 Å². The van der Waals surface area contributed by atoms with Gasteiger partial charge in [-0.15, -0.1) is 0 Å².